The lowest BCUT2D eigenvalue weighted by Crippen LogP contribution is -2.37. The summed E-state index contributed by atoms with van der Waals surface area (Å²) in [7, 11) is -3.52. The van der Waals surface area contributed by atoms with Gasteiger partial charge in [0.1, 0.15) is 5.75 Å². The molecule has 1 fully saturated rings. The molecule has 0 unspecified atom stereocenters. The average molecular weight is 388 g/mol. The molecule has 1 heterocycles. The number of carbonyl (C=O) groups is 1. The first-order valence-corrected chi connectivity index (χ1v) is 10.6. The highest BCUT2D eigenvalue weighted by molar-refractivity contribution is 7.89. The van der Waals surface area contributed by atoms with Crippen LogP contribution in [0.5, 0.6) is 5.75 Å². The Hall–Kier alpha value is -2.18. The quantitative estimate of drug-likeness (QED) is 0.589. The van der Waals surface area contributed by atoms with Gasteiger partial charge in [-0.2, -0.15) is 4.31 Å². The molecule has 27 heavy (non-hydrogen) atoms. The smallest absolute Gasteiger partial charge is 0.343 e. The molecule has 0 aliphatic carbocycles. The van der Waals surface area contributed by atoms with Gasteiger partial charge in [-0.15, -0.1) is 0 Å². The zero-order chi connectivity index (χ0) is 19.6. The van der Waals surface area contributed by atoms with Crippen molar-refractivity contribution in [2.45, 2.75) is 38.5 Å². The number of nitrogens with zero attached hydrogens (tertiary/aromatic N) is 1. The molecule has 0 N–H and O–H groups in total. The van der Waals surface area contributed by atoms with Crippen molar-refractivity contribution in [1.82, 2.24) is 4.31 Å². The molecular weight excluding hydrogens is 362 g/mol. The van der Waals surface area contributed by atoms with Crippen molar-refractivity contribution in [3.05, 3.63) is 59.2 Å². The van der Waals surface area contributed by atoms with Gasteiger partial charge in [0, 0.05) is 13.1 Å². The largest absolute Gasteiger partial charge is 0.423 e. The summed E-state index contributed by atoms with van der Waals surface area (Å²) >= 11 is 0. The van der Waals surface area contributed by atoms with Crippen LogP contribution < -0.4 is 4.74 Å². The maximum atomic E-state index is 12.7. The third-order valence-corrected chi connectivity index (χ3v) is 7.07. The van der Waals surface area contributed by atoms with E-state index in [2.05, 4.69) is 6.92 Å². The van der Waals surface area contributed by atoms with E-state index in [4.69, 9.17) is 4.74 Å². The highest BCUT2D eigenvalue weighted by Gasteiger charge is 2.28. The van der Waals surface area contributed by atoms with Crippen LogP contribution in [0.15, 0.2) is 47.4 Å². The lowest BCUT2D eigenvalue weighted by atomic mass is 10.0. The molecule has 6 heteroatoms. The molecular formula is C21H25NO4S. The maximum Gasteiger partial charge on any atom is 0.343 e. The number of hydrogen-bond donors (Lipinski definition) is 0. The molecule has 1 aliphatic rings. The molecule has 1 aliphatic heterocycles. The van der Waals surface area contributed by atoms with Crippen molar-refractivity contribution < 1.29 is 17.9 Å². The Kier molecular flexibility index (Phi) is 5.67. The lowest BCUT2D eigenvalue weighted by Gasteiger charge is -2.29. The molecule has 2 aromatic carbocycles. The third-order valence-electron chi connectivity index (χ3n) is 5.16. The first kappa shape index (κ1) is 19.6. The fourth-order valence-corrected chi connectivity index (χ4v) is 4.55. The number of hydrogen-bond acceptors (Lipinski definition) is 4. The average Bonchev–Trinajstić information content (AvgIpc) is 2.65. The van der Waals surface area contributed by atoms with E-state index in [1.165, 1.54) is 28.6 Å². The predicted octanol–water partition coefficient (Wildman–Crippen LogP) is 3.94. The summed E-state index contributed by atoms with van der Waals surface area (Å²) in [4.78, 5) is 12.5. The summed E-state index contributed by atoms with van der Waals surface area (Å²) in [6.45, 7) is 7.16. The number of esters is 1. The monoisotopic (exact) mass is 387 g/mol. The molecule has 0 atom stereocenters. The van der Waals surface area contributed by atoms with Crippen LogP contribution in [0, 0.1) is 19.8 Å². The van der Waals surface area contributed by atoms with Crippen LogP contribution in [-0.2, 0) is 10.0 Å². The minimum atomic E-state index is -3.52. The van der Waals surface area contributed by atoms with Gasteiger partial charge in [0.2, 0.25) is 10.0 Å². The van der Waals surface area contributed by atoms with Crippen LogP contribution in [-0.4, -0.2) is 31.8 Å². The zero-order valence-corrected chi connectivity index (χ0v) is 16.8. The fourth-order valence-electron chi connectivity index (χ4n) is 3.08. The predicted molar refractivity (Wildman–Crippen MR) is 104 cm³/mol. The molecule has 5 nitrogen and oxygen atoms in total. The molecule has 0 aromatic heterocycles. The summed E-state index contributed by atoms with van der Waals surface area (Å²) in [6.07, 6.45) is 1.75. The van der Waals surface area contributed by atoms with E-state index >= 15 is 0 Å². The first-order valence-electron chi connectivity index (χ1n) is 9.17. The number of sulfonamides is 1. The van der Waals surface area contributed by atoms with Crippen LogP contribution in [0.4, 0.5) is 0 Å². The van der Waals surface area contributed by atoms with E-state index < -0.39 is 16.0 Å². The molecule has 1 saturated heterocycles. The van der Waals surface area contributed by atoms with Crippen molar-refractivity contribution in [3.63, 3.8) is 0 Å². The second-order valence-corrected chi connectivity index (χ2v) is 9.18. The van der Waals surface area contributed by atoms with Crippen molar-refractivity contribution in [3.8, 4) is 5.75 Å². The van der Waals surface area contributed by atoms with Crippen molar-refractivity contribution in [1.29, 1.82) is 0 Å². The van der Waals surface area contributed by atoms with Gasteiger partial charge in [-0.3, -0.25) is 0 Å². The topological polar surface area (TPSA) is 63.7 Å². The minimum absolute atomic E-state index is 0.208. The highest BCUT2D eigenvalue weighted by Crippen LogP contribution is 2.24. The maximum absolute atomic E-state index is 12.7. The highest BCUT2D eigenvalue weighted by atomic mass is 32.2. The Labute approximate surface area is 161 Å². The Bertz CT molecular complexity index is 927. The SMILES string of the molecule is Cc1ccc(OC(=O)c2ccc(S(=O)(=O)N3CCC(C)CC3)cc2)cc1C. The van der Waals surface area contributed by atoms with E-state index in [1.54, 1.807) is 6.07 Å². The van der Waals surface area contributed by atoms with Crippen LogP contribution in [0.3, 0.4) is 0 Å². The number of ether oxygens (including phenoxy) is 1. The van der Waals surface area contributed by atoms with Gasteiger partial charge in [0.25, 0.3) is 0 Å². The summed E-state index contributed by atoms with van der Waals surface area (Å²) in [5.74, 6) is 0.523. The Morgan fingerprint density at radius 2 is 1.63 bits per heavy atom. The molecule has 0 amide bonds. The summed E-state index contributed by atoms with van der Waals surface area (Å²) in [5.41, 5.74) is 2.48. The molecule has 0 radical (unpaired) electrons. The molecule has 3 rings (SSSR count). The van der Waals surface area contributed by atoms with E-state index in [1.807, 2.05) is 26.0 Å². The number of rotatable bonds is 4. The van der Waals surface area contributed by atoms with Crippen molar-refractivity contribution >= 4 is 16.0 Å². The van der Waals surface area contributed by atoms with Crippen molar-refractivity contribution in [2.75, 3.05) is 13.1 Å². The van der Waals surface area contributed by atoms with Gasteiger partial charge in [0.15, 0.2) is 0 Å². The minimum Gasteiger partial charge on any atom is -0.423 e. The normalized spacial score (nSPS) is 16.3. The van der Waals surface area contributed by atoms with Gasteiger partial charge >= 0.3 is 5.97 Å². The van der Waals surface area contributed by atoms with E-state index in [9.17, 15) is 13.2 Å². The zero-order valence-electron chi connectivity index (χ0n) is 15.9. The second-order valence-electron chi connectivity index (χ2n) is 7.25. The van der Waals surface area contributed by atoms with Crippen LogP contribution in [0.2, 0.25) is 0 Å². The Morgan fingerprint density at radius 1 is 1.00 bits per heavy atom. The van der Waals surface area contributed by atoms with Gasteiger partial charge in [-0.05, 0) is 80.1 Å². The van der Waals surface area contributed by atoms with E-state index in [0.29, 0.717) is 30.3 Å². The van der Waals surface area contributed by atoms with Crippen LogP contribution in [0.1, 0.15) is 41.3 Å². The third kappa shape index (κ3) is 4.39. The molecule has 0 saturated carbocycles. The number of piperidine rings is 1. The number of carbonyl (C=O) groups excluding carboxylic acids is 1. The standard InChI is InChI=1S/C21H25NO4S/c1-15-10-12-22(13-11-15)27(24,25)20-8-5-18(6-9-20)21(23)26-19-7-4-16(2)17(3)14-19/h4-9,14-15H,10-13H2,1-3H3. The van der Waals surface area contributed by atoms with Gasteiger partial charge in [0.05, 0.1) is 10.5 Å². The molecule has 144 valence electrons. The second kappa shape index (κ2) is 7.82. The summed E-state index contributed by atoms with van der Waals surface area (Å²) in [6, 6.07) is 11.4. The Balaban J connectivity index is 1.72. The van der Waals surface area contributed by atoms with E-state index in [-0.39, 0.29) is 4.90 Å². The fraction of sp³-hybridized carbons (Fsp3) is 0.381. The molecule has 0 bridgehead atoms. The van der Waals surface area contributed by atoms with Gasteiger partial charge < -0.3 is 4.74 Å². The van der Waals surface area contributed by atoms with Crippen molar-refractivity contribution in [2.24, 2.45) is 5.92 Å². The van der Waals surface area contributed by atoms with Gasteiger partial charge in [-0.1, -0.05) is 13.0 Å². The Morgan fingerprint density at radius 3 is 2.22 bits per heavy atom. The number of benzene rings is 2. The van der Waals surface area contributed by atoms with Crippen LogP contribution >= 0.6 is 0 Å². The summed E-state index contributed by atoms with van der Waals surface area (Å²) < 4.78 is 32.4. The number of aryl methyl sites for hydroxylation is 2. The molecule has 2 aromatic rings. The van der Waals surface area contributed by atoms with Crippen LogP contribution in [0.25, 0.3) is 0 Å². The van der Waals surface area contributed by atoms with Gasteiger partial charge in [-0.25, -0.2) is 13.2 Å². The lowest BCUT2D eigenvalue weighted by molar-refractivity contribution is 0.0734. The summed E-state index contributed by atoms with van der Waals surface area (Å²) in [5, 5.41) is 0. The first-order chi connectivity index (χ1) is 12.8. The van der Waals surface area contributed by atoms with E-state index in [0.717, 1.165) is 24.0 Å². The molecule has 0 spiro atoms.